The summed E-state index contributed by atoms with van der Waals surface area (Å²) >= 11 is 0. The summed E-state index contributed by atoms with van der Waals surface area (Å²) in [7, 11) is 0. The molecule has 0 aromatic carbocycles. The van der Waals surface area contributed by atoms with Crippen molar-refractivity contribution in [2.45, 2.75) is 59.9 Å². The van der Waals surface area contributed by atoms with Gasteiger partial charge in [0.15, 0.2) is 0 Å². The van der Waals surface area contributed by atoms with E-state index in [2.05, 4.69) is 37.2 Å². The summed E-state index contributed by atoms with van der Waals surface area (Å²) in [5.74, 6) is 1.29. The lowest BCUT2D eigenvalue weighted by Gasteiger charge is -2.00. The van der Waals surface area contributed by atoms with Crippen molar-refractivity contribution in [3.63, 3.8) is 0 Å². The molecule has 1 N–H and O–H groups in total. The summed E-state index contributed by atoms with van der Waals surface area (Å²) in [6.45, 7) is 9.91. The minimum atomic E-state index is 0. The molecule has 0 saturated heterocycles. The second-order valence-corrected chi connectivity index (χ2v) is 4.13. The third-order valence-electron chi connectivity index (χ3n) is 2.96. The number of rotatable bonds is 5. The molecular weight excluding hydrogens is 299 g/mol. The maximum atomic E-state index is 3.38. The molecule has 0 aliphatic rings. The number of imidazole rings is 1. The van der Waals surface area contributed by atoms with Crippen LogP contribution in [0, 0.1) is 20.8 Å². The van der Waals surface area contributed by atoms with Crippen LogP contribution in [0.1, 0.15) is 49.8 Å². The molecule has 1 aromatic heterocycles. The van der Waals surface area contributed by atoms with Crippen molar-refractivity contribution in [2.24, 2.45) is 0 Å². The zero-order valence-corrected chi connectivity index (χ0v) is 12.5. The van der Waals surface area contributed by atoms with Crippen molar-refractivity contribution in [3.8, 4) is 0 Å². The zero-order chi connectivity index (χ0) is 10.6. The van der Waals surface area contributed by atoms with E-state index in [1.54, 1.807) is 0 Å². The van der Waals surface area contributed by atoms with Gasteiger partial charge in [-0.3, -0.25) is 0 Å². The van der Waals surface area contributed by atoms with Crippen molar-refractivity contribution in [1.82, 2.24) is 4.98 Å². The van der Waals surface area contributed by atoms with Gasteiger partial charge >= 0.3 is 0 Å². The van der Waals surface area contributed by atoms with Crippen LogP contribution >= 0.6 is 0 Å². The van der Waals surface area contributed by atoms with Gasteiger partial charge in [0, 0.05) is 20.8 Å². The molecule has 0 amide bonds. The minimum Gasteiger partial charge on any atom is -1.00 e. The van der Waals surface area contributed by atoms with Crippen molar-refractivity contribution >= 4 is 0 Å². The summed E-state index contributed by atoms with van der Waals surface area (Å²) in [5.41, 5.74) is 2.69. The average Bonchev–Trinajstić information content (AvgIpc) is 2.38. The molecule has 0 bridgehead atoms. The fourth-order valence-electron chi connectivity index (χ4n) is 1.92. The zero-order valence-electron chi connectivity index (χ0n) is 10.4. The smallest absolute Gasteiger partial charge is 0.251 e. The fraction of sp³-hybridized carbons (Fsp3) is 0.750. The third-order valence-corrected chi connectivity index (χ3v) is 2.96. The molecule has 3 heteroatoms. The number of halogens is 1. The Labute approximate surface area is 110 Å². The Balaban J connectivity index is 0.00000196. The summed E-state index contributed by atoms with van der Waals surface area (Å²) in [5, 5.41) is 0. The number of nitrogens with zero attached hydrogens (tertiary/aromatic N) is 1. The van der Waals surface area contributed by atoms with E-state index in [4.69, 9.17) is 0 Å². The first-order chi connectivity index (χ1) is 6.66. The number of hydrogen-bond donors (Lipinski definition) is 1. The summed E-state index contributed by atoms with van der Waals surface area (Å²) in [6, 6.07) is 0. The molecule has 0 radical (unpaired) electrons. The van der Waals surface area contributed by atoms with Gasteiger partial charge in [-0.05, 0) is 12.8 Å². The lowest BCUT2D eigenvalue weighted by atomic mass is 10.2. The minimum absolute atomic E-state index is 0. The Bertz CT molecular complexity index is 292. The fourth-order valence-corrected chi connectivity index (χ4v) is 1.92. The molecular formula is C12H23IN2. The highest BCUT2D eigenvalue weighted by Crippen LogP contribution is 2.03. The van der Waals surface area contributed by atoms with Crippen LogP contribution in [0.4, 0.5) is 0 Å². The number of nitrogens with one attached hydrogen (secondary N) is 1. The van der Waals surface area contributed by atoms with Gasteiger partial charge in [0.1, 0.15) is 11.4 Å². The first kappa shape index (κ1) is 14.9. The Hall–Kier alpha value is -0.0600. The SMILES string of the molecule is CCCCCC[n+]1c(C)[nH]c(C)c1C.[I-]. The van der Waals surface area contributed by atoms with Crippen LogP contribution in [0.5, 0.6) is 0 Å². The Morgan fingerprint density at radius 3 is 2.20 bits per heavy atom. The molecule has 88 valence electrons. The molecule has 0 fully saturated rings. The Morgan fingerprint density at radius 2 is 1.73 bits per heavy atom. The van der Waals surface area contributed by atoms with Crippen LogP contribution < -0.4 is 28.5 Å². The molecule has 2 nitrogen and oxygen atoms in total. The Kier molecular flexibility index (Phi) is 7.22. The molecule has 0 spiro atoms. The molecule has 15 heavy (non-hydrogen) atoms. The van der Waals surface area contributed by atoms with Crippen LogP contribution in [0.2, 0.25) is 0 Å². The van der Waals surface area contributed by atoms with Gasteiger partial charge in [0.05, 0.1) is 6.54 Å². The first-order valence-corrected chi connectivity index (χ1v) is 5.72. The lowest BCUT2D eigenvalue weighted by molar-refractivity contribution is -0.707. The number of aryl methyl sites for hydroxylation is 2. The second-order valence-electron chi connectivity index (χ2n) is 4.13. The summed E-state index contributed by atoms with van der Waals surface area (Å²) in [6.07, 6.45) is 5.33. The van der Waals surface area contributed by atoms with Gasteiger partial charge in [0.2, 0.25) is 0 Å². The van der Waals surface area contributed by atoms with Crippen LogP contribution in [-0.4, -0.2) is 4.98 Å². The normalized spacial score (nSPS) is 10.1. The standard InChI is InChI=1S/C12H22N2.HI/c1-5-6-7-8-9-14-11(3)10(2)13-12(14)4;/h5-9H2,1-4H3;1H. The van der Waals surface area contributed by atoms with Crippen LogP contribution in [-0.2, 0) is 6.54 Å². The molecule has 0 aliphatic carbocycles. The first-order valence-electron chi connectivity index (χ1n) is 5.72. The molecule has 0 aliphatic heterocycles. The van der Waals surface area contributed by atoms with E-state index in [0.717, 1.165) is 0 Å². The van der Waals surface area contributed by atoms with E-state index < -0.39 is 0 Å². The van der Waals surface area contributed by atoms with Gasteiger partial charge in [0.25, 0.3) is 5.82 Å². The quantitative estimate of drug-likeness (QED) is 0.441. The maximum Gasteiger partial charge on any atom is 0.251 e. The van der Waals surface area contributed by atoms with Crippen molar-refractivity contribution < 1.29 is 28.5 Å². The molecule has 1 aromatic rings. The number of unbranched alkanes of at least 4 members (excludes halogenated alkanes) is 3. The highest BCUT2D eigenvalue weighted by molar-refractivity contribution is 5.02. The van der Waals surface area contributed by atoms with E-state index >= 15 is 0 Å². The number of H-pyrrole nitrogens is 1. The molecule has 1 rings (SSSR count). The number of hydrogen-bond acceptors (Lipinski definition) is 0. The van der Waals surface area contributed by atoms with E-state index in [1.165, 1.54) is 49.4 Å². The number of aromatic amines is 1. The monoisotopic (exact) mass is 322 g/mol. The summed E-state index contributed by atoms with van der Waals surface area (Å²) in [4.78, 5) is 3.38. The largest absolute Gasteiger partial charge is 1.00 e. The predicted octanol–water partition coefficient (Wildman–Crippen LogP) is -0.188. The van der Waals surface area contributed by atoms with Gasteiger partial charge in [-0.15, -0.1) is 0 Å². The highest BCUT2D eigenvalue weighted by atomic mass is 127. The van der Waals surface area contributed by atoms with Crippen LogP contribution in [0.25, 0.3) is 0 Å². The van der Waals surface area contributed by atoms with Gasteiger partial charge < -0.3 is 24.0 Å². The number of aromatic nitrogens is 2. The van der Waals surface area contributed by atoms with Crippen molar-refractivity contribution in [3.05, 3.63) is 17.2 Å². The molecule has 0 saturated carbocycles. The van der Waals surface area contributed by atoms with E-state index in [-0.39, 0.29) is 24.0 Å². The molecule has 1 heterocycles. The average molecular weight is 322 g/mol. The maximum absolute atomic E-state index is 3.38. The van der Waals surface area contributed by atoms with Gasteiger partial charge in [-0.1, -0.05) is 19.8 Å². The molecule has 0 atom stereocenters. The third kappa shape index (κ3) is 4.13. The predicted molar refractivity (Wildman–Crippen MR) is 59.3 cm³/mol. The topological polar surface area (TPSA) is 19.7 Å². The second kappa shape index (κ2) is 7.25. The highest BCUT2D eigenvalue weighted by Gasteiger charge is 2.13. The lowest BCUT2D eigenvalue weighted by Crippen LogP contribution is -3.00. The van der Waals surface area contributed by atoms with Gasteiger partial charge in [-0.25, -0.2) is 9.55 Å². The van der Waals surface area contributed by atoms with E-state index in [9.17, 15) is 0 Å². The van der Waals surface area contributed by atoms with Crippen molar-refractivity contribution in [1.29, 1.82) is 0 Å². The van der Waals surface area contributed by atoms with Crippen LogP contribution in [0.15, 0.2) is 0 Å². The molecule has 0 unspecified atom stereocenters. The van der Waals surface area contributed by atoms with E-state index in [0.29, 0.717) is 0 Å². The Morgan fingerprint density at radius 1 is 1.07 bits per heavy atom. The van der Waals surface area contributed by atoms with E-state index in [1.807, 2.05) is 0 Å². The van der Waals surface area contributed by atoms with Gasteiger partial charge in [-0.2, -0.15) is 0 Å². The summed E-state index contributed by atoms with van der Waals surface area (Å²) < 4.78 is 2.39. The van der Waals surface area contributed by atoms with Crippen LogP contribution in [0.3, 0.4) is 0 Å². The van der Waals surface area contributed by atoms with Crippen molar-refractivity contribution in [2.75, 3.05) is 0 Å².